The van der Waals surface area contributed by atoms with E-state index in [1.54, 1.807) is 30.3 Å². The number of benzene rings is 2. The number of esters is 1. The van der Waals surface area contributed by atoms with E-state index in [0.717, 1.165) is 12.1 Å². The second kappa shape index (κ2) is 9.29. The van der Waals surface area contributed by atoms with Gasteiger partial charge in [-0.25, -0.2) is 9.78 Å². The molecule has 1 atom stereocenters. The van der Waals surface area contributed by atoms with Crippen LogP contribution in [0.2, 0.25) is 0 Å². The second-order valence-electron chi connectivity index (χ2n) is 6.32. The average molecular weight is 430 g/mol. The van der Waals surface area contributed by atoms with Gasteiger partial charge >= 0.3 is 12.1 Å². The second-order valence-corrected chi connectivity index (χ2v) is 6.32. The van der Waals surface area contributed by atoms with Crippen LogP contribution in [-0.4, -0.2) is 24.0 Å². The Hall–Kier alpha value is -3.88. The Balaban J connectivity index is 1.88. The molecule has 0 saturated carbocycles. The van der Waals surface area contributed by atoms with Crippen molar-refractivity contribution in [3.63, 3.8) is 0 Å². The van der Waals surface area contributed by atoms with Crippen LogP contribution in [0, 0.1) is 0 Å². The molecular formula is C22H17F3N2O4. The summed E-state index contributed by atoms with van der Waals surface area (Å²) in [5.41, 5.74) is -0.671. The molecule has 0 radical (unpaired) electrons. The molecule has 1 unspecified atom stereocenters. The number of amides is 1. The molecule has 6 nitrogen and oxygen atoms in total. The fourth-order valence-corrected chi connectivity index (χ4v) is 2.76. The molecule has 2 aromatic carbocycles. The van der Waals surface area contributed by atoms with Crippen molar-refractivity contribution in [1.29, 1.82) is 0 Å². The van der Waals surface area contributed by atoms with Crippen LogP contribution in [-0.2, 0) is 15.7 Å². The zero-order valence-electron chi connectivity index (χ0n) is 16.2. The molecule has 0 fully saturated rings. The summed E-state index contributed by atoms with van der Waals surface area (Å²) < 4.78 is 49.3. The predicted octanol–water partition coefficient (Wildman–Crippen LogP) is 4.65. The summed E-state index contributed by atoms with van der Waals surface area (Å²) in [4.78, 5) is 29.5. The molecule has 0 saturated heterocycles. The number of pyridine rings is 1. The lowest BCUT2D eigenvalue weighted by molar-refractivity contribution is -0.137. The summed E-state index contributed by atoms with van der Waals surface area (Å²) in [5.74, 6) is -1.68. The van der Waals surface area contributed by atoms with E-state index in [-0.39, 0.29) is 17.1 Å². The Kier molecular flexibility index (Phi) is 6.54. The number of alkyl halides is 3. The molecule has 0 bridgehead atoms. The number of hydrogen-bond acceptors (Lipinski definition) is 5. The average Bonchev–Trinajstić information content (AvgIpc) is 2.77. The van der Waals surface area contributed by atoms with Gasteiger partial charge in [-0.2, -0.15) is 13.2 Å². The van der Waals surface area contributed by atoms with Gasteiger partial charge in [0.1, 0.15) is 5.56 Å². The number of carbonyl (C=O) groups excluding carboxylic acids is 2. The van der Waals surface area contributed by atoms with Crippen LogP contribution < -0.4 is 10.1 Å². The van der Waals surface area contributed by atoms with Crippen molar-refractivity contribution < 1.29 is 32.2 Å². The van der Waals surface area contributed by atoms with E-state index in [9.17, 15) is 22.8 Å². The smallest absolute Gasteiger partial charge is 0.416 e. The summed E-state index contributed by atoms with van der Waals surface area (Å²) in [6, 6.07) is 15.2. The van der Waals surface area contributed by atoms with Gasteiger partial charge in [-0.05, 0) is 30.3 Å². The maximum Gasteiger partial charge on any atom is 0.416 e. The summed E-state index contributed by atoms with van der Waals surface area (Å²) in [5, 5.41) is 2.38. The Morgan fingerprint density at radius 1 is 1.00 bits per heavy atom. The summed E-state index contributed by atoms with van der Waals surface area (Å²) in [6.07, 6.45) is -4.57. The number of nitrogens with zero attached hydrogens (tertiary/aromatic N) is 1. The zero-order valence-corrected chi connectivity index (χ0v) is 16.2. The van der Waals surface area contributed by atoms with E-state index in [4.69, 9.17) is 9.47 Å². The fourth-order valence-electron chi connectivity index (χ4n) is 2.76. The summed E-state index contributed by atoms with van der Waals surface area (Å²) in [7, 11) is 1.33. The number of anilines is 1. The van der Waals surface area contributed by atoms with Gasteiger partial charge in [0, 0.05) is 17.4 Å². The van der Waals surface area contributed by atoms with Crippen molar-refractivity contribution in [3.05, 3.63) is 89.6 Å². The Morgan fingerprint density at radius 2 is 1.74 bits per heavy atom. The maximum atomic E-state index is 13.0. The van der Waals surface area contributed by atoms with Crippen LogP contribution in [0.1, 0.15) is 27.6 Å². The first kappa shape index (κ1) is 21.8. The van der Waals surface area contributed by atoms with Crippen molar-refractivity contribution in [3.8, 4) is 5.88 Å². The molecule has 0 aliphatic rings. The standard InChI is InChI=1S/C22H17F3N2O4/c1-30-20-17(11-6-12-26-20)21(29)31-18(14-7-3-2-4-8-14)19(28)27-16-10-5-9-15(13-16)22(23,24)25/h2-13,18H,1H3,(H,27,28). The highest BCUT2D eigenvalue weighted by Gasteiger charge is 2.31. The largest absolute Gasteiger partial charge is 0.480 e. The van der Waals surface area contributed by atoms with Gasteiger partial charge in [-0.15, -0.1) is 0 Å². The molecule has 0 aliphatic carbocycles. The van der Waals surface area contributed by atoms with Gasteiger partial charge in [-0.3, -0.25) is 4.79 Å². The van der Waals surface area contributed by atoms with Gasteiger partial charge in [0.15, 0.2) is 0 Å². The molecule has 0 aliphatic heterocycles. The molecule has 31 heavy (non-hydrogen) atoms. The number of halogens is 3. The van der Waals surface area contributed by atoms with E-state index < -0.39 is 29.7 Å². The van der Waals surface area contributed by atoms with Crippen LogP contribution in [0.25, 0.3) is 0 Å². The van der Waals surface area contributed by atoms with Crippen molar-refractivity contribution in [2.75, 3.05) is 12.4 Å². The molecule has 1 N–H and O–H groups in total. The van der Waals surface area contributed by atoms with Crippen LogP contribution in [0.15, 0.2) is 72.9 Å². The van der Waals surface area contributed by atoms with Crippen molar-refractivity contribution in [1.82, 2.24) is 4.98 Å². The highest BCUT2D eigenvalue weighted by molar-refractivity contribution is 5.98. The first-order valence-electron chi connectivity index (χ1n) is 9.02. The van der Waals surface area contributed by atoms with Gasteiger partial charge in [0.25, 0.3) is 5.91 Å². The molecular weight excluding hydrogens is 413 g/mol. The lowest BCUT2D eigenvalue weighted by atomic mass is 10.1. The van der Waals surface area contributed by atoms with Crippen LogP contribution in [0.4, 0.5) is 18.9 Å². The molecule has 3 aromatic rings. The van der Waals surface area contributed by atoms with E-state index in [1.807, 2.05) is 0 Å². The first-order valence-corrected chi connectivity index (χ1v) is 9.02. The summed E-state index contributed by atoms with van der Waals surface area (Å²) in [6.45, 7) is 0. The SMILES string of the molecule is COc1ncccc1C(=O)OC(C(=O)Nc1cccc(C(F)(F)F)c1)c1ccccc1. The minimum absolute atomic E-state index is 0.00204. The maximum absolute atomic E-state index is 13.0. The third-order valence-corrected chi connectivity index (χ3v) is 4.21. The highest BCUT2D eigenvalue weighted by atomic mass is 19.4. The van der Waals surface area contributed by atoms with Gasteiger partial charge in [0.05, 0.1) is 12.7 Å². The molecule has 160 valence electrons. The van der Waals surface area contributed by atoms with E-state index in [1.165, 1.54) is 37.6 Å². The van der Waals surface area contributed by atoms with Crippen molar-refractivity contribution >= 4 is 17.6 Å². The Labute approximate surface area is 175 Å². The molecule has 1 aromatic heterocycles. The minimum atomic E-state index is -4.57. The zero-order chi connectivity index (χ0) is 22.4. The first-order chi connectivity index (χ1) is 14.8. The van der Waals surface area contributed by atoms with Crippen molar-refractivity contribution in [2.24, 2.45) is 0 Å². The highest BCUT2D eigenvalue weighted by Crippen LogP contribution is 2.31. The van der Waals surface area contributed by atoms with Gasteiger partial charge in [-0.1, -0.05) is 36.4 Å². The number of carbonyl (C=O) groups is 2. The van der Waals surface area contributed by atoms with E-state index >= 15 is 0 Å². The van der Waals surface area contributed by atoms with Crippen LogP contribution in [0.3, 0.4) is 0 Å². The van der Waals surface area contributed by atoms with E-state index in [2.05, 4.69) is 10.3 Å². The lowest BCUT2D eigenvalue weighted by Crippen LogP contribution is -2.26. The fraction of sp³-hybridized carbons (Fsp3) is 0.136. The normalized spacial score (nSPS) is 12.0. The molecule has 1 amide bonds. The molecule has 9 heteroatoms. The number of rotatable bonds is 6. The van der Waals surface area contributed by atoms with E-state index in [0.29, 0.717) is 5.56 Å². The number of nitrogens with one attached hydrogen (secondary N) is 1. The third-order valence-electron chi connectivity index (χ3n) is 4.21. The Morgan fingerprint density at radius 3 is 2.42 bits per heavy atom. The third kappa shape index (κ3) is 5.39. The Bertz CT molecular complexity index is 1070. The van der Waals surface area contributed by atoms with Gasteiger partial charge in [0.2, 0.25) is 12.0 Å². The quantitative estimate of drug-likeness (QED) is 0.577. The van der Waals surface area contributed by atoms with Crippen LogP contribution >= 0.6 is 0 Å². The molecule has 3 rings (SSSR count). The number of methoxy groups -OCH3 is 1. The number of ether oxygens (including phenoxy) is 2. The molecule has 1 heterocycles. The van der Waals surface area contributed by atoms with Crippen LogP contribution in [0.5, 0.6) is 5.88 Å². The summed E-state index contributed by atoms with van der Waals surface area (Å²) >= 11 is 0. The monoisotopic (exact) mass is 430 g/mol. The molecule has 0 spiro atoms. The topological polar surface area (TPSA) is 77.5 Å². The van der Waals surface area contributed by atoms with Gasteiger partial charge < -0.3 is 14.8 Å². The number of hydrogen-bond donors (Lipinski definition) is 1. The lowest BCUT2D eigenvalue weighted by Gasteiger charge is -2.19. The minimum Gasteiger partial charge on any atom is -0.480 e. The van der Waals surface area contributed by atoms with Crippen molar-refractivity contribution in [2.45, 2.75) is 12.3 Å². The predicted molar refractivity (Wildman–Crippen MR) is 105 cm³/mol. The number of aromatic nitrogens is 1.